The number of nitrogens with one attached hydrogen (secondary N) is 2. The van der Waals surface area contributed by atoms with E-state index < -0.39 is 32.6 Å². The van der Waals surface area contributed by atoms with Crippen molar-refractivity contribution in [3.05, 3.63) is 96.1 Å². The Morgan fingerprint density at radius 3 is 1.56 bits per heavy atom. The van der Waals surface area contributed by atoms with Gasteiger partial charge in [-0.25, -0.2) is 21.6 Å². The summed E-state index contributed by atoms with van der Waals surface area (Å²) in [5.41, 5.74) is 1.83. The van der Waals surface area contributed by atoms with Crippen molar-refractivity contribution in [2.45, 2.75) is 9.79 Å². The van der Waals surface area contributed by atoms with Gasteiger partial charge in [-0.05, 0) is 59.7 Å². The van der Waals surface area contributed by atoms with Crippen molar-refractivity contribution in [2.75, 3.05) is 16.1 Å². The number of carbonyl (C=O) groups is 1. The Balaban J connectivity index is 1.55. The summed E-state index contributed by atoms with van der Waals surface area (Å²) in [7, 11) is -8.29. The third kappa shape index (κ3) is 5.78. The Hall–Kier alpha value is -5.08. The summed E-state index contributed by atoms with van der Waals surface area (Å²) in [4.78, 5) is 15.7. The largest absolute Gasteiger partial charge is 0.508 e. The minimum atomic E-state index is -4.14. The normalized spacial score (nSPS) is 12.2. The maximum Gasteiger partial charge on any atom is 0.344 e. The zero-order chi connectivity index (χ0) is 29.4. The van der Waals surface area contributed by atoms with Gasteiger partial charge in [-0.2, -0.15) is 0 Å². The van der Waals surface area contributed by atoms with Gasteiger partial charge >= 0.3 is 5.97 Å². The fourth-order valence-corrected chi connectivity index (χ4v) is 6.36. The second-order valence-corrected chi connectivity index (χ2v) is 12.2. The summed E-state index contributed by atoms with van der Waals surface area (Å²) in [6.45, 7) is -0.789. The van der Waals surface area contributed by atoms with Crippen molar-refractivity contribution in [1.82, 2.24) is 0 Å². The van der Waals surface area contributed by atoms with Gasteiger partial charge in [0.25, 0.3) is 20.0 Å². The van der Waals surface area contributed by atoms with Crippen LogP contribution in [0.3, 0.4) is 0 Å². The molecule has 41 heavy (non-hydrogen) atoms. The molecule has 4 aromatic carbocycles. The van der Waals surface area contributed by atoms with Gasteiger partial charge in [-0.15, -0.1) is 0 Å². The number of aliphatic carboxylic acids is 1. The summed E-state index contributed by atoms with van der Waals surface area (Å²) in [6.07, 6.45) is 0. The molecule has 0 radical (unpaired) electrons. The van der Waals surface area contributed by atoms with Crippen LogP contribution in [0.2, 0.25) is 0 Å². The van der Waals surface area contributed by atoms with Crippen LogP contribution in [0.25, 0.3) is 11.1 Å². The van der Waals surface area contributed by atoms with Crippen LogP contribution in [0, 0.1) is 0 Å². The highest BCUT2D eigenvalue weighted by Gasteiger charge is 2.30. The number of phenolic OH excluding ortho intramolecular Hbond substituents is 2. The number of phenols is 2. The summed E-state index contributed by atoms with van der Waals surface area (Å²) in [5, 5.41) is 32.3. The Bertz CT molecular complexity index is 1810. The molecule has 0 heterocycles. The Labute approximate surface area is 234 Å². The van der Waals surface area contributed by atoms with Gasteiger partial charge in [-0.3, -0.25) is 9.44 Å². The number of aromatic hydroxyl groups is 2. The molecule has 0 fully saturated rings. The molecule has 210 valence electrons. The van der Waals surface area contributed by atoms with E-state index in [0.717, 1.165) is 0 Å². The van der Waals surface area contributed by atoms with Crippen molar-refractivity contribution < 1.29 is 41.8 Å². The van der Waals surface area contributed by atoms with E-state index in [1.807, 2.05) is 0 Å². The fraction of sp³-hybridized carbons (Fsp3) is 0.0370. The van der Waals surface area contributed by atoms with Crippen LogP contribution in [0.4, 0.5) is 11.4 Å². The van der Waals surface area contributed by atoms with Crippen molar-refractivity contribution in [1.29, 1.82) is 0 Å². The average molecular weight is 596 g/mol. The van der Waals surface area contributed by atoms with E-state index in [0.29, 0.717) is 11.1 Å². The molecule has 0 saturated carbocycles. The van der Waals surface area contributed by atoms with Crippen LogP contribution in [0.5, 0.6) is 11.5 Å². The molecule has 0 aliphatic heterocycles. The molecule has 1 aliphatic carbocycles. The van der Waals surface area contributed by atoms with E-state index in [1.165, 1.54) is 84.9 Å². The molecule has 1 aliphatic rings. The third-order valence-electron chi connectivity index (χ3n) is 5.94. The van der Waals surface area contributed by atoms with E-state index in [4.69, 9.17) is 9.94 Å². The molecule has 0 spiro atoms. The maximum atomic E-state index is 13.1. The fourth-order valence-electron chi connectivity index (χ4n) is 4.21. The Kier molecular flexibility index (Phi) is 7.02. The van der Waals surface area contributed by atoms with Gasteiger partial charge in [-0.1, -0.05) is 29.4 Å². The van der Waals surface area contributed by atoms with Crippen molar-refractivity contribution in [3.63, 3.8) is 0 Å². The molecule has 5 N–H and O–H groups in total. The van der Waals surface area contributed by atoms with Gasteiger partial charge in [0, 0.05) is 23.3 Å². The first-order valence-electron chi connectivity index (χ1n) is 11.8. The minimum absolute atomic E-state index is 0.0278. The summed E-state index contributed by atoms with van der Waals surface area (Å²) in [5.74, 6) is -1.57. The van der Waals surface area contributed by atoms with Crippen LogP contribution in [0.15, 0.2) is 99.9 Å². The number of benzene rings is 4. The van der Waals surface area contributed by atoms with Gasteiger partial charge in [0.05, 0.1) is 21.2 Å². The number of nitrogens with zero attached hydrogens (tertiary/aromatic N) is 1. The van der Waals surface area contributed by atoms with Gasteiger partial charge in [0.2, 0.25) is 6.61 Å². The highest BCUT2D eigenvalue weighted by molar-refractivity contribution is 7.93. The van der Waals surface area contributed by atoms with Crippen LogP contribution in [-0.2, 0) is 29.7 Å². The molecular formula is C27H21N3O9S2. The number of fused-ring (bicyclic) bond motifs is 3. The lowest BCUT2D eigenvalue weighted by molar-refractivity contribution is -0.142. The summed E-state index contributed by atoms with van der Waals surface area (Å²) >= 11 is 0. The summed E-state index contributed by atoms with van der Waals surface area (Å²) in [6, 6.07) is 19.5. The molecule has 14 heteroatoms. The highest BCUT2D eigenvalue weighted by atomic mass is 32.2. The molecule has 0 amide bonds. The zero-order valence-electron chi connectivity index (χ0n) is 20.8. The zero-order valence-corrected chi connectivity index (χ0v) is 22.5. The quantitative estimate of drug-likeness (QED) is 0.159. The average Bonchev–Trinajstić information content (AvgIpc) is 3.20. The monoisotopic (exact) mass is 595 g/mol. The highest BCUT2D eigenvalue weighted by Crippen LogP contribution is 2.40. The molecule has 0 bridgehead atoms. The molecule has 12 nitrogen and oxygen atoms in total. The third-order valence-corrected chi connectivity index (χ3v) is 8.70. The van der Waals surface area contributed by atoms with E-state index in [2.05, 4.69) is 14.6 Å². The number of hydrogen-bond acceptors (Lipinski definition) is 9. The van der Waals surface area contributed by atoms with E-state index in [1.54, 1.807) is 0 Å². The van der Waals surface area contributed by atoms with Crippen LogP contribution in [-0.4, -0.2) is 50.4 Å². The van der Waals surface area contributed by atoms with Crippen LogP contribution >= 0.6 is 0 Å². The first-order chi connectivity index (χ1) is 19.4. The molecule has 4 aromatic rings. The lowest BCUT2D eigenvalue weighted by atomic mass is 10.1. The van der Waals surface area contributed by atoms with E-state index >= 15 is 0 Å². The first-order valence-corrected chi connectivity index (χ1v) is 14.7. The number of sulfonamides is 2. The molecule has 5 rings (SSSR count). The van der Waals surface area contributed by atoms with Crippen molar-refractivity contribution in [2.24, 2.45) is 5.16 Å². The minimum Gasteiger partial charge on any atom is -0.508 e. The van der Waals surface area contributed by atoms with E-state index in [9.17, 15) is 31.8 Å². The van der Waals surface area contributed by atoms with Gasteiger partial charge < -0.3 is 20.2 Å². The van der Waals surface area contributed by atoms with Gasteiger partial charge in [0.1, 0.15) is 17.2 Å². The number of carboxylic acid groups (broad SMARTS) is 1. The number of carboxylic acids is 1. The number of hydrogen-bond donors (Lipinski definition) is 5. The standard InChI is InChI=1S/C27H21N3O9S2/c31-18-5-1-3-16(11-18)29-40(35,36)20-7-9-22-23-10-8-21(41(37,38)30-17-4-2-6-19(32)12-17)14-25(23)27(24(22)13-20)28-39-15-26(33)34/h1-14,29-32H,15H2,(H,33,34). The van der Waals surface area contributed by atoms with E-state index in [-0.39, 0.29) is 49.5 Å². The number of anilines is 2. The molecule has 0 aromatic heterocycles. The smallest absolute Gasteiger partial charge is 0.344 e. The molecular weight excluding hydrogens is 574 g/mol. The van der Waals surface area contributed by atoms with Crippen LogP contribution < -0.4 is 9.44 Å². The van der Waals surface area contributed by atoms with Gasteiger partial charge in [0.15, 0.2) is 0 Å². The Morgan fingerprint density at radius 2 is 1.15 bits per heavy atom. The van der Waals surface area contributed by atoms with Crippen LogP contribution in [0.1, 0.15) is 11.1 Å². The lowest BCUT2D eigenvalue weighted by Crippen LogP contribution is -2.14. The molecule has 0 saturated heterocycles. The maximum absolute atomic E-state index is 13.1. The number of oxime groups is 1. The number of rotatable bonds is 9. The predicted molar refractivity (Wildman–Crippen MR) is 149 cm³/mol. The first kappa shape index (κ1) is 27.5. The summed E-state index contributed by atoms with van der Waals surface area (Å²) < 4.78 is 57.3. The topological polar surface area (TPSA) is 192 Å². The predicted octanol–water partition coefficient (Wildman–Crippen LogP) is 3.53. The van der Waals surface area contributed by atoms with Crippen molar-refractivity contribution in [3.8, 4) is 22.6 Å². The molecule has 0 atom stereocenters. The molecule has 0 unspecified atom stereocenters. The second-order valence-electron chi connectivity index (χ2n) is 8.83. The Morgan fingerprint density at radius 1 is 0.683 bits per heavy atom. The van der Waals surface area contributed by atoms with Crippen molar-refractivity contribution >= 4 is 43.1 Å². The SMILES string of the molecule is O=C(O)CON=C1c2cc(S(=O)(=O)Nc3cccc(O)c3)ccc2-c2ccc(S(=O)(=O)Nc3cccc(O)c3)cc21. The second kappa shape index (κ2) is 10.5. The lowest BCUT2D eigenvalue weighted by Gasteiger charge is -2.10.